The van der Waals surface area contributed by atoms with Gasteiger partial charge in [-0.15, -0.1) is 0 Å². The summed E-state index contributed by atoms with van der Waals surface area (Å²) >= 11 is 0. The maximum atomic E-state index is 12.5. The monoisotopic (exact) mass is 287 g/mol. The fourth-order valence-corrected chi connectivity index (χ4v) is 4.24. The van der Waals surface area contributed by atoms with Gasteiger partial charge in [-0.05, 0) is 25.5 Å². The van der Waals surface area contributed by atoms with Gasteiger partial charge in [0.2, 0.25) is 5.91 Å². The van der Waals surface area contributed by atoms with Crippen molar-refractivity contribution < 1.29 is 19.4 Å². The Labute approximate surface area is 122 Å². The van der Waals surface area contributed by atoms with Crippen LogP contribution in [0.15, 0.2) is 24.3 Å². The van der Waals surface area contributed by atoms with Crippen LogP contribution in [0.5, 0.6) is 0 Å². The minimum absolute atomic E-state index is 0.00580. The lowest BCUT2D eigenvalue weighted by molar-refractivity contribution is -0.146. The van der Waals surface area contributed by atoms with Gasteiger partial charge in [-0.1, -0.05) is 17.7 Å². The van der Waals surface area contributed by atoms with Gasteiger partial charge in [-0.3, -0.25) is 9.59 Å². The van der Waals surface area contributed by atoms with Crippen LogP contribution in [0.3, 0.4) is 0 Å². The molecule has 21 heavy (non-hydrogen) atoms. The molecule has 2 bridgehead atoms. The smallest absolute Gasteiger partial charge is 0.310 e. The molecule has 3 aliphatic rings. The van der Waals surface area contributed by atoms with Gasteiger partial charge in [0, 0.05) is 17.5 Å². The second kappa shape index (κ2) is 4.31. The average Bonchev–Trinajstić information content (AvgIpc) is 3.05. The second-order valence-electron chi connectivity index (χ2n) is 6.36. The number of amides is 1. The van der Waals surface area contributed by atoms with E-state index in [-0.39, 0.29) is 29.6 Å². The molecule has 1 aromatic carbocycles. The molecule has 110 valence electrons. The number of hydrogen-bond acceptors (Lipinski definition) is 4. The zero-order chi connectivity index (χ0) is 14.7. The number of esters is 1. The summed E-state index contributed by atoms with van der Waals surface area (Å²) in [7, 11) is 0. The molecule has 0 radical (unpaired) electrons. The average molecular weight is 287 g/mol. The number of rotatable bonds is 2. The fourth-order valence-electron chi connectivity index (χ4n) is 4.24. The van der Waals surface area contributed by atoms with Gasteiger partial charge in [0.05, 0.1) is 17.9 Å². The highest BCUT2D eigenvalue weighted by atomic mass is 16.6. The number of aryl methyl sites for hydroxylation is 1. The molecular formula is C16H17NO4. The molecular weight excluding hydrogens is 270 g/mol. The number of fused-ring (bicyclic) bond motifs is 1. The molecule has 3 fully saturated rings. The van der Waals surface area contributed by atoms with E-state index >= 15 is 0 Å². The summed E-state index contributed by atoms with van der Waals surface area (Å²) < 4.78 is 5.23. The zero-order valence-electron chi connectivity index (χ0n) is 11.7. The van der Waals surface area contributed by atoms with Gasteiger partial charge >= 0.3 is 5.97 Å². The van der Waals surface area contributed by atoms with Gasteiger partial charge in [0.15, 0.2) is 0 Å². The Balaban J connectivity index is 1.57. The number of nitrogens with one attached hydrogen (secondary N) is 1. The van der Waals surface area contributed by atoms with Crippen molar-refractivity contribution in [2.75, 3.05) is 5.32 Å². The molecule has 1 heterocycles. The van der Waals surface area contributed by atoms with Crippen molar-refractivity contribution in [3.05, 3.63) is 29.8 Å². The van der Waals surface area contributed by atoms with Crippen LogP contribution in [0.1, 0.15) is 12.0 Å². The van der Waals surface area contributed by atoms with Gasteiger partial charge in [0.25, 0.3) is 0 Å². The number of aliphatic hydroxyl groups excluding tert-OH is 1. The summed E-state index contributed by atoms with van der Waals surface area (Å²) in [4.78, 5) is 24.5. The number of anilines is 1. The molecule has 1 saturated heterocycles. The first-order valence-electron chi connectivity index (χ1n) is 7.32. The predicted molar refractivity (Wildman–Crippen MR) is 74.3 cm³/mol. The highest BCUT2D eigenvalue weighted by molar-refractivity contribution is 5.97. The lowest BCUT2D eigenvalue weighted by atomic mass is 9.78. The number of ether oxygens (including phenoxy) is 1. The van der Waals surface area contributed by atoms with Crippen LogP contribution < -0.4 is 5.32 Å². The van der Waals surface area contributed by atoms with Crippen LogP contribution in [0.4, 0.5) is 5.69 Å². The Bertz CT molecular complexity index is 611. The molecule has 0 unspecified atom stereocenters. The molecule has 2 saturated carbocycles. The number of hydrogen-bond donors (Lipinski definition) is 2. The Morgan fingerprint density at radius 3 is 2.71 bits per heavy atom. The Morgan fingerprint density at radius 1 is 1.29 bits per heavy atom. The van der Waals surface area contributed by atoms with Crippen molar-refractivity contribution in [1.82, 2.24) is 0 Å². The van der Waals surface area contributed by atoms with Crippen molar-refractivity contribution >= 4 is 17.6 Å². The van der Waals surface area contributed by atoms with Crippen molar-refractivity contribution in [2.24, 2.45) is 23.7 Å². The summed E-state index contributed by atoms with van der Waals surface area (Å²) in [5.41, 5.74) is 1.83. The first kappa shape index (κ1) is 12.8. The minimum atomic E-state index is -0.702. The zero-order valence-corrected chi connectivity index (χ0v) is 11.7. The minimum Gasteiger partial charge on any atom is -0.459 e. The highest BCUT2D eigenvalue weighted by Gasteiger charge is 2.68. The van der Waals surface area contributed by atoms with E-state index in [0.717, 1.165) is 5.56 Å². The van der Waals surface area contributed by atoms with Crippen molar-refractivity contribution in [3.63, 3.8) is 0 Å². The van der Waals surface area contributed by atoms with E-state index in [1.165, 1.54) is 0 Å². The largest absolute Gasteiger partial charge is 0.459 e. The van der Waals surface area contributed by atoms with Crippen LogP contribution in [0.25, 0.3) is 0 Å². The van der Waals surface area contributed by atoms with Crippen molar-refractivity contribution in [1.29, 1.82) is 0 Å². The molecule has 0 aromatic heterocycles. The van der Waals surface area contributed by atoms with E-state index in [9.17, 15) is 14.7 Å². The summed E-state index contributed by atoms with van der Waals surface area (Å²) in [6, 6.07) is 7.52. The van der Waals surface area contributed by atoms with E-state index in [4.69, 9.17) is 4.74 Å². The van der Waals surface area contributed by atoms with Gasteiger partial charge < -0.3 is 15.2 Å². The Hall–Kier alpha value is -1.88. The first-order valence-corrected chi connectivity index (χ1v) is 7.32. The third-order valence-electron chi connectivity index (χ3n) is 5.20. The van der Waals surface area contributed by atoms with E-state index in [1.807, 2.05) is 31.2 Å². The number of carbonyl (C=O) groups excluding carboxylic acids is 2. The summed E-state index contributed by atoms with van der Waals surface area (Å²) in [6.45, 7) is 1.98. The number of benzene rings is 1. The molecule has 2 aliphatic carbocycles. The summed E-state index contributed by atoms with van der Waals surface area (Å²) in [5, 5.41) is 13.1. The van der Waals surface area contributed by atoms with Crippen LogP contribution in [-0.4, -0.2) is 29.2 Å². The molecule has 1 aromatic rings. The number of aliphatic hydroxyl groups is 1. The molecule has 2 N–H and O–H groups in total. The molecule has 4 rings (SSSR count). The molecule has 1 aliphatic heterocycles. The topological polar surface area (TPSA) is 75.6 Å². The van der Waals surface area contributed by atoms with Crippen molar-refractivity contribution in [3.8, 4) is 0 Å². The first-order chi connectivity index (χ1) is 10.1. The third-order valence-corrected chi connectivity index (χ3v) is 5.20. The van der Waals surface area contributed by atoms with Gasteiger partial charge in [-0.2, -0.15) is 0 Å². The predicted octanol–water partition coefficient (Wildman–Crippen LogP) is 1.10. The van der Waals surface area contributed by atoms with E-state index < -0.39 is 18.1 Å². The lowest BCUT2D eigenvalue weighted by Crippen LogP contribution is -2.42. The highest BCUT2D eigenvalue weighted by Crippen LogP contribution is 2.57. The standard InChI is InChI=1S/C16H17NO4/c1-7-2-4-8(5-3-7)17-15(19)11-9-6-10-12(11)16(20)21-14(10)13(9)18/h2-5,9-14,18H,6H2,1H3,(H,17,19)/t9-,10+,11-,12+,13-,14-/m0/s1. The summed E-state index contributed by atoms with van der Waals surface area (Å²) in [6.07, 6.45) is -0.392. The summed E-state index contributed by atoms with van der Waals surface area (Å²) in [5.74, 6) is -1.53. The maximum absolute atomic E-state index is 12.5. The SMILES string of the molecule is Cc1ccc(NC(=O)[C@H]2[C@@H]3C[C@H]4[C@H](OC(=O)[C@H]42)[C@H]3O)cc1. The van der Waals surface area contributed by atoms with Gasteiger partial charge in [0.1, 0.15) is 6.10 Å². The van der Waals surface area contributed by atoms with E-state index in [0.29, 0.717) is 12.1 Å². The van der Waals surface area contributed by atoms with Crippen LogP contribution in [0.2, 0.25) is 0 Å². The van der Waals surface area contributed by atoms with E-state index in [1.54, 1.807) is 0 Å². The molecule has 0 spiro atoms. The van der Waals surface area contributed by atoms with Gasteiger partial charge in [-0.25, -0.2) is 0 Å². The molecule has 6 atom stereocenters. The fraction of sp³-hybridized carbons (Fsp3) is 0.500. The van der Waals surface area contributed by atoms with Crippen LogP contribution >= 0.6 is 0 Å². The molecule has 5 heteroatoms. The third kappa shape index (κ3) is 1.73. The number of carbonyl (C=O) groups is 2. The molecule has 5 nitrogen and oxygen atoms in total. The Kier molecular flexibility index (Phi) is 2.63. The maximum Gasteiger partial charge on any atom is 0.310 e. The lowest BCUT2D eigenvalue weighted by Gasteiger charge is -2.27. The van der Waals surface area contributed by atoms with Crippen LogP contribution in [0, 0.1) is 30.6 Å². The Morgan fingerprint density at radius 2 is 2.00 bits per heavy atom. The van der Waals surface area contributed by atoms with E-state index in [2.05, 4.69) is 5.32 Å². The molecule has 1 amide bonds. The van der Waals surface area contributed by atoms with Crippen LogP contribution in [-0.2, 0) is 14.3 Å². The normalized spacial score (nSPS) is 39.4. The quantitative estimate of drug-likeness (QED) is 0.799. The van der Waals surface area contributed by atoms with Crippen molar-refractivity contribution in [2.45, 2.75) is 25.6 Å². The second-order valence-corrected chi connectivity index (χ2v) is 6.36.